The van der Waals surface area contributed by atoms with E-state index in [-0.39, 0.29) is 12.2 Å². The van der Waals surface area contributed by atoms with Crippen molar-refractivity contribution in [3.8, 4) is 11.5 Å². The van der Waals surface area contributed by atoms with Gasteiger partial charge in [0.05, 0.1) is 12.2 Å². The molecule has 0 bridgehead atoms. The third-order valence-electron chi connectivity index (χ3n) is 3.52. The fourth-order valence-electron chi connectivity index (χ4n) is 2.11. The maximum Gasteiger partial charge on any atom is 0.135 e. The molecule has 1 N–H and O–H groups in total. The molecule has 2 aromatic carbocycles. The average molecular weight is 274 g/mol. The maximum absolute atomic E-state index is 13.6. The predicted molar refractivity (Wildman–Crippen MR) is 77.5 cm³/mol. The number of hydrogen-bond donors (Lipinski definition) is 1. The molecule has 0 amide bonds. The molecule has 0 aromatic heterocycles. The first-order valence-corrected chi connectivity index (χ1v) is 6.82. The highest BCUT2D eigenvalue weighted by Crippen LogP contribution is 2.33. The largest absolute Gasteiger partial charge is 0.457 e. The second-order valence-electron chi connectivity index (χ2n) is 4.82. The molecular formula is C17H19FO2. The van der Waals surface area contributed by atoms with Gasteiger partial charge in [-0.25, -0.2) is 4.39 Å². The van der Waals surface area contributed by atoms with E-state index in [1.807, 2.05) is 24.3 Å². The second kappa shape index (κ2) is 6.53. The summed E-state index contributed by atoms with van der Waals surface area (Å²) in [4.78, 5) is 0. The van der Waals surface area contributed by atoms with Crippen molar-refractivity contribution >= 4 is 0 Å². The van der Waals surface area contributed by atoms with E-state index in [9.17, 15) is 9.50 Å². The van der Waals surface area contributed by atoms with Crippen LogP contribution in [0.3, 0.4) is 0 Å². The molecular weight excluding hydrogens is 255 g/mol. The highest BCUT2D eigenvalue weighted by Gasteiger charge is 2.13. The van der Waals surface area contributed by atoms with Crippen molar-refractivity contribution in [2.24, 2.45) is 0 Å². The van der Waals surface area contributed by atoms with Crippen LogP contribution in [0.5, 0.6) is 11.5 Å². The minimum Gasteiger partial charge on any atom is -0.457 e. The van der Waals surface area contributed by atoms with Gasteiger partial charge in [-0.3, -0.25) is 0 Å². The number of halogens is 1. The smallest absolute Gasteiger partial charge is 0.135 e. The molecule has 0 radical (unpaired) electrons. The first-order valence-electron chi connectivity index (χ1n) is 6.82. The van der Waals surface area contributed by atoms with E-state index in [0.29, 0.717) is 17.4 Å². The maximum atomic E-state index is 13.6. The van der Waals surface area contributed by atoms with E-state index >= 15 is 0 Å². The van der Waals surface area contributed by atoms with Crippen molar-refractivity contribution in [1.82, 2.24) is 0 Å². The monoisotopic (exact) mass is 274 g/mol. The average Bonchev–Trinajstić information content (AvgIpc) is 2.47. The van der Waals surface area contributed by atoms with Gasteiger partial charge in [0.1, 0.15) is 17.3 Å². The molecule has 1 atom stereocenters. The first-order chi connectivity index (χ1) is 9.67. The summed E-state index contributed by atoms with van der Waals surface area (Å²) in [7, 11) is 0. The van der Waals surface area contributed by atoms with Crippen LogP contribution in [0.1, 0.15) is 37.3 Å². The molecule has 0 heterocycles. The summed E-state index contributed by atoms with van der Waals surface area (Å²) < 4.78 is 19.5. The van der Waals surface area contributed by atoms with Crippen LogP contribution in [-0.2, 0) is 6.61 Å². The van der Waals surface area contributed by atoms with Crippen LogP contribution in [0.4, 0.5) is 4.39 Å². The Labute approximate surface area is 118 Å². The quantitative estimate of drug-likeness (QED) is 0.861. The number of ether oxygens (including phenoxy) is 1. The topological polar surface area (TPSA) is 29.5 Å². The van der Waals surface area contributed by atoms with Gasteiger partial charge in [0.2, 0.25) is 0 Å². The van der Waals surface area contributed by atoms with Crippen LogP contribution in [0.25, 0.3) is 0 Å². The van der Waals surface area contributed by atoms with E-state index in [0.717, 1.165) is 12.0 Å². The van der Waals surface area contributed by atoms with Crippen LogP contribution in [0, 0.1) is 5.82 Å². The highest BCUT2D eigenvalue weighted by molar-refractivity contribution is 5.42. The number of rotatable bonds is 5. The molecule has 0 aliphatic carbocycles. The summed E-state index contributed by atoms with van der Waals surface area (Å²) in [6.07, 6.45) is 0.996. The fraction of sp³-hybridized carbons (Fsp3) is 0.294. The number of para-hydroxylation sites is 1. The summed E-state index contributed by atoms with van der Waals surface area (Å²) in [6.45, 7) is 3.86. The van der Waals surface area contributed by atoms with Gasteiger partial charge in [0.15, 0.2) is 0 Å². The molecule has 0 spiro atoms. The Morgan fingerprint density at radius 1 is 1.10 bits per heavy atom. The molecule has 20 heavy (non-hydrogen) atoms. The van der Waals surface area contributed by atoms with Crippen molar-refractivity contribution in [2.45, 2.75) is 32.8 Å². The number of benzene rings is 2. The van der Waals surface area contributed by atoms with Crippen molar-refractivity contribution in [1.29, 1.82) is 0 Å². The minimum atomic E-state index is -0.453. The van der Waals surface area contributed by atoms with Crippen LogP contribution in [0.2, 0.25) is 0 Å². The van der Waals surface area contributed by atoms with Crippen LogP contribution >= 0.6 is 0 Å². The number of aliphatic hydroxyl groups excluding tert-OH is 1. The van der Waals surface area contributed by atoms with Gasteiger partial charge in [-0.15, -0.1) is 0 Å². The summed E-state index contributed by atoms with van der Waals surface area (Å²) in [6, 6.07) is 12.3. The number of hydrogen-bond acceptors (Lipinski definition) is 2. The Balaban J connectivity index is 2.38. The molecule has 1 unspecified atom stereocenters. The Bertz CT molecular complexity index is 581. The van der Waals surface area contributed by atoms with Crippen molar-refractivity contribution in [2.75, 3.05) is 0 Å². The lowest BCUT2D eigenvalue weighted by molar-refractivity contribution is 0.269. The minimum absolute atomic E-state index is 0.187. The molecule has 2 aromatic rings. The van der Waals surface area contributed by atoms with Crippen molar-refractivity contribution in [3.63, 3.8) is 0 Å². The third-order valence-corrected chi connectivity index (χ3v) is 3.52. The van der Waals surface area contributed by atoms with Gasteiger partial charge in [-0.1, -0.05) is 38.1 Å². The zero-order valence-electron chi connectivity index (χ0n) is 11.8. The first kappa shape index (κ1) is 14.5. The van der Waals surface area contributed by atoms with E-state index < -0.39 is 5.82 Å². The number of aliphatic hydroxyl groups is 1. The van der Waals surface area contributed by atoms with Gasteiger partial charge in [0.25, 0.3) is 0 Å². The van der Waals surface area contributed by atoms with Crippen LogP contribution < -0.4 is 4.74 Å². The van der Waals surface area contributed by atoms with Gasteiger partial charge in [-0.05, 0) is 36.1 Å². The van der Waals surface area contributed by atoms with Gasteiger partial charge >= 0.3 is 0 Å². The Morgan fingerprint density at radius 3 is 2.50 bits per heavy atom. The molecule has 2 rings (SSSR count). The highest BCUT2D eigenvalue weighted by atomic mass is 19.1. The SMILES string of the molecule is CCC(C)c1ccccc1Oc1cccc(F)c1CO. The lowest BCUT2D eigenvalue weighted by Crippen LogP contribution is -1.99. The molecule has 2 nitrogen and oxygen atoms in total. The Hall–Kier alpha value is -1.87. The summed E-state index contributed by atoms with van der Waals surface area (Å²) in [5.74, 6) is 0.980. The summed E-state index contributed by atoms with van der Waals surface area (Å²) in [5.41, 5.74) is 1.27. The standard InChI is InChI=1S/C17H19FO2/c1-3-12(2)13-7-4-5-9-16(13)20-17-10-6-8-15(18)14(17)11-19/h4-10,12,19H,3,11H2,1-2H3. The van der Waals surface area contributed by atoms with Crippen molar-refractivity contribution in [3.05, 3.63) is 59.4 Å². The zero-order chi connectivity index (χ0) is 14.5. The van der Waals surface area contributed by atoms with Crippen molar-refractivity contribution < 1.29 is 14.2 Å². The molecule has 0 saturated carbocycles. The molecule has 0 saturated heterocycles. The molecule has 0 aliphatic heterocycles. The van der Waals surface area contributed by atoms with Gasteiger partial charge < -0.3 is 9.84 Å². The van der Waals surface area contributed by atoms with E-state index in [4.69, 9.17) is 4.74 Å². The summed E-state index contributed by atoms with van der Waals surface area (Å²) in [5, 5.41) is 9.28. The Morgan fingerprint density at radius 2 is 1.80 bits per heavy atom. The van der Waals surface area contributed by atoms with Crippen LogP contribution in [0.15, 0.2) is 42.5 Å². The fourth-order valence-corrected chi connectivity index (χ4v) is 2.11. The molecule has 0 aliphatic rings. The van der Waals surface area contributed by atoms with E-state index in [2.05, 4.69) is 13.8 Å². The molecule has 106 valence electrons. The van der Waals surface area contributed by atoms with E-state index in [1.54, 1.807) is 12.1 Å². The van der Waals surface area contributed by atoms with Crippen LogP contribution in [-0.4, -0.2) is 5.11 Å². The molecule has 3 heteroatoms. The lowest BCUT2D eigenvalue weighted by Gasteiger charge is -2.17. The lowest BCUT2D eigenvalue weighted by atomic mass is 9.98. The van der Waals surface area contributed by atoms with E-state index in [1.165, 1.54) is 6.07 Å². The summed E-state index contributed by atoms with van der Waals surface area (Å²) >= 11 is 0. The zero-order valence-corrected chi connectivity index (χ0v) is 11.8. The normalized spacial score (nSPS) is 12.2. The van der Waals surface area contributed by atoms with Gasteiger partial charge in [0, 0.05) is 0 Å². The Kier molecular flexibility index (Phi) is 4.74. The second-order valence-corrected chi connectivity index (χ2v) is 4.82. The molecule has 0 fully saturated rings. The predicted octanol–water partition coefficient (Wildman–Crippen LogP) is 4.62. The van der Waals surface area contributed by atoms with Gasteiger partial charge in [-0.2, -0.15) is 0 Å². The third kappa shape index (κ3) is 2.99.